The highest BCUT2D eigenvalue weighted by molar-refractivity contribution is 5.97. The maximum Gasteiger partial charge on any atom is 0.251 e. The Hall–Kier alpha value is -4.26. The van der Waals surface area contributed by atoms with E-state index >= 15 is 0 Å². The molecule has 1 amide bonds. The third-order valence-electron chi connectivity index (χ3n) is 5.43. The summed E-state index contributed by atoms with van der Waals surface area (Å²) in [6.45, 7) is 2.14. The number of fused-ring (bicyclic) bond motifs is 1. The van der Waals surface area contributed by atoms with Crippen LogP contribution < -0.4 is 10.2 Å². The molecule has 1 atom stereocenters. The van der Waals surface area contributed by atoms with Crippen molar-refractivity contribution in [3.8, 4) is 0 Å². The zero-order chi connectivity index (χ0) is 21.9. The van der Waals surface area contributed by atoms with Crippen molar-refractivity contribution in [3.63, 3.8) is 0 Å². The van der Waals surface area contributed by atoms with Crippen molar-refractivity contribution >= 4 is 23.2 Å². The van der Waals surface area contributed by atoms with Gasteiger partial charge in [0.2, 0.25) is 5.91 Å². The molecule has 7 heteroatoms. The molecule has 0 saturated carbocycles. The first-order valence-electron chi connectivity index (χ1n) is 10.4. The van der Waals surface area contributed by atoms with Crippen LogP contribution in [0.1, 0.15) is 22.7 Å². The predicted octanol–water partition coefficient (Wildman–Crippen LogP) is 4.07. The van der Waals surface area contributed by atoms with Gasteiger partial charge in [0.15, 0.2) is 0 Å². The average molecular weight is 422 g/mol. The predicted molar refractivity (Wildman–Crippen MR) is 124 cm³/mol. The van der Waals surface area contributed by atoms with E-state index in [0.29, 0.717) is 5.95 Å². The van der Waals surface area contributed by atoms with Crippen molar-refractivity contribution in [1.82, 2.24) is 20.2 Å². The van der Waals surface area contributed by atoms with E-state index in [2.05, 4.69) is 58.1 Å². The molecule has 0 bridgehead atoms. The van der Waals surface area contributed by atoms with Gasteiger partial charge in [0, 0.05) is 5.69 Å². The molecule has 1 N–H and O–H groups in total. The number of aromatic nitrogens is 4. The van der Waals surface area contributed by atoms with Gasteiger partial charge >= 0.3 is 0 Å². The number of carbonyl (C=O) groups excluding carboxylic acids is 1. The summed E-state index contributed by atoms with van der Waals surface area (Å²) in [6.07, 6.45) is 2.11. The van der Waals surface area contributed by atoms with Crippen LogP contribution in [0.3, 0.4) is 0 Å². The molecule has 0 aliphatic carbocycles. The molecule has 32 heavy (non-hydrogen) atoms. The van der Waals surface area contributed by atoms with Gasteiger partial charge in [-0.05, 0) is 46.7 Å². The maximum absolute atomic E-state index is 12.9. The third-order valence-corrected chi connectivity index (χ3v) is 5.43. The Morgan fingerprint density at radius 3 is 2.34 bits per heavy atom. The Morgan fingerprint density at radius 2 is 1.62 bits per heavy atom. The zero-order valence-electron chi connectivity index (χ0n) is 17.6. The van der Waals surface area contributed by atoms with Crippen LogP contribution in [0, 0.1) is 6.92 Å². The summed E-state index contributed by atoms with van der Waals surface area (Å²) < 4.78 is 1.76. The molecule has 0 fully saturated rings. The number of para-hydroxylation sites is 1. The van der Waals surface area contributed by atoms with Crippen LogP contribution in [-0.4, -0.2) is 32.7 Å². The summed E-state index contributed by atoms with van der Waals surface area (Å²) in [6, 6.07) is 27.6. The number of allylic oxidation sites excluding steroid dienone is 1. The third kappa shape index (κ3) is 3.88. The van der Waals surface area contributed by atoms with Crippen molar-refractivity contribution in [3.05, 3.63) is 108 Å². The molecular weight excluding hydrogens is 400 g/mol. The van der Waals surface area contributed by atoms with E-state index in [9.17, 15) is 4.79 Å². The molecule has 0 radical (unpaired) electrons. The molecule has 1 unspecified atom stereocenters. The van der Waals surface area contributed by atoms with E-state index < -0.39 is 0 Å². The molecule has 7 nitrogen and oxygen atoms in total. The minimum absolute atomic E-state index is 0.0800. The molecule has 1 aliphatic heterocycles. The second kappa shape index (κ2) is 8.47. The highest BCUT2D eigenvalue weighted by atomic mass is 16.2. The molecule has 2 heterocycles. The van der Waals surface area contributed by atoms with Crippen LogP contribution in [-0.2, 0) is 4.79 Å². The molecular formula is C25H22N6O. The monoisotopic (exact) mass is 422 g/mol. The van der Waals surface area contributed by atoms with E-state index in [0.717, 1.165) is 22.5 Å². The van der Waals surface area contributed by atoms with Gasteiger partial charge in [-0.1, -0.05) is 83.5 Å². The fraction of sp³-hybridized carbons (Fsp3) is 0.120. The molecule has 0 saturated heterocycles. The number of tetrazole rings is 1. The number of amides is 1. The van der Waals surface area contributed by atoms with Crippen LogP contribution >= 0.6 is 0 Å². The van der Waals surface area contributed by atoms with Gasteiger partial charge in [-0.2, -0.15) is 4.68 Å². The molecule has 0 spiro atoms. The van der Waals surface area contributed by atoms with E-state index in [-0.39, 0.29) is 18.5 Å². The first-order chi connectivity index (χ1) is 15.7. The highest BCUT2D eigenvalue weighted by Gasteiger charge is 2.31. The van der Waals surface area contributed by atoms with Crippen molar-refractivity contribution < 1.29 is 4.79 Å². The number of aryl methyl sites for hydroxylation is 1. The fourth-order valence-corrected chi connectivity index (χ4v) is 3.85. The highest BCUT2D eigenvalue weighted by Crippen LogP contribution is 2.36. The van der Waals surface area contributed by atoms with Gasteiger partial charge in [-0.3, -0.25) is 9.69 Å². The number of hydrogen-bond acceptors (Lipinski definition) is 5. The van der Waals surface area contributed by atoms with Crippen LogP contribution in [0.4, 0.5) is 11.6 Å². The number of anilines is 2. The van der Waals surface area contributed by atoms with Crippen molar-refractivity contribution in [2.24, 2.45) is 0 Å². The minimum Gasteiger partial charge on any atom is -0.325 e. The van der Waals surface area contributed by atoms with Crippen LogP contribution in [0.25, 0.3) is 5.70 Å². The summed E-state index contributed by atoms with van der Waals surface area (Å²) in [5.74, 6) is 0.376. The normalized spacial score (nSPS) is 15.1. The smallest absolute Gasteiger partial charge is 0.251 e. The molecule has 1 aliphatic rings. The average Bonchev–Trinajstić information content (AvgIpc) is 3.31. The lowest BCUT2D eigenvalue weighted by Gasteiger charge is -2.32. The number of benzene rings is 3. The number of rotatable bonds is 5. The largest absolute Gasteiger partial charge is 0.325 e. The van der Waals surface area contributed by atoms with E-state index in [1.54, 1.807) is 4.68 Å². The lowest BCUT2D eigenvalue weighted by Crippen LogP contribution is -2.37. The second-order valence-electron chi connectivity index (χ2n) is 7.70. The summed E-state index contributed by atoms with van der Waals surface area (Å²) >= 11 is 0. The number of carbonyl (C=O) groups is 1. The van der Waals surface area contributed by atoms with Gasteiger partial charge in [-0.15, -0.1) is 0 Å². The van der Waals surface area contributed by atoms with E-state index in [4.69, 9.17) is 0 Å². The SMILES string of the molecule is Cc1ccc(C2C=C(c3ccccc3)N(CC(=O)Nc3ccccc3)c3nnnn32)cc1. The maximum atomic E-state index is 12.9. The minimum atomic E-state index is -0.177. The summed E-state index contributed by atoms with van der Waals surface area (Å²) in [5, 5.41) is 15.4. The Balaban J connectivity index is 1.54. The topological polar surface area (TPSA) is 75.9 Å². The van der Waals surface area contributed by atoms with Crippen molar-refractivity contribution in [2.45, 2.75) is 13.0 Å². The van der Waals surface area contributed by atoms with E-state index in [1.807, 2.05) is 65.6 Å². The van der Waals surface area contributed by atoms with E-state index in [1.165, 1.54) is 5.56 Å². The Labute approximate surface area is 186 Å². The molecule has 4 aromatic rings. The molecule has 158 valence electrons. The Bertz CT molecular complexity index is 1250. The quantitative estimate of drug-likeness (QED) is 0.525. The van der Waals surface area contributed by atoms with Crippen molar-refractivity contribution in [1.29, 1.82) is 0 Å². The van der Waals surface area contributed by atoms with Crippen LogP contribution in [0.15, 0.2) is 91.0 Å². The molecule has 1 aromatic heterocycles. The van der Waals surface area contributed by atoms with Gasteiger partial charge in [0.1, 0.15) is 12.6 Å². The van der Waals surface area contributed by atoms with Gasteiger partial charge < -0.3 is 5.32 Å². The Kier molecular flexibility index (Phi) is 5.21. The number of nitrogens with zero attached hydrogens (tertiary/aromatic N) is 5. The fourth-order valence-electron chi connectivity index (χ4n) is 3.85. The molecule has 3 aromatic carbocycles. The van der Waals surface area contributed by atoms with Crippen LogP contribution in [0.2, 0.25) is 0 Å². The first kappa shape index (κ1) is 19.7. The summed E-state index contributed by atoms with van der Waals surface area (Å²) in [5.41, 5.74) is 4.89. The second-order valence-corrected chi connectivity index (χ2v) is 7.70. The van der Waals surface area contributed by atoms with Crippen molar-refractivity contribution in [2.75, 3.05) is 16.8 Å². The van der Waals surface area contributed by atoms with Crippen LogP contribution in [0.5, 0.6) is 0 Å². The summed E-state index contributed by atoms with van der Waals surface area (Å²) in [4.78, 5) is 14.8. The molecule has 5 rings (SSSR count). The van der Waals surface area contributed by atoms with Gasteiger partial charge in [-0.25, -0.2) is 0 Å². The first-order valence-corrected chi connectivity index (χ1v) is 10.4. The standard InChI is InChI=1S/C25H22N6O/c1-18-12-14-20(15-13-18)23-16-22(19-8-4-2-5-9-19)30(25-27-28-29-31(23)25)17-24(32)26-21-10-6-3-7-11-21/h2-16,23H,17H2,1H3,(H,26,32). The lowest BCUT2D eigenvalue weighted by molar-refractivity contribution is -0.114. The van der Waals surface area contributed by atoms with Gasteiger partial charge in [0.05, 0.1) is 5.70 Å². The number of nitrogens with one attached hydrogen (secondary N) is 1. The number of hydrogen-bond donors (Lipinski definition) is 1. The summed E-state index contributed by atoms with van der Waals surface area (Å²) in [7, 11) is 0. The Morgan fingerprint density at radius 1 is 0.938 bits per heavy atom. The lowest BCUT2D eigenvalue weighted by atomic mass is 10.00. The zero-order valence-corrected chi connectivity index (χ0v) is 17.6. The van der Waals surface area contributed by atoms with Gasteiger partial charge in [0.25, 0.3) is 5.95 Å².